The van der Waals surface area contributed by atoms with Crippen molar-refractivity contribution < 1.29 is 28.6 Å². The number of carbonyl (C=O) groups is 3. The average Bonchev–Trinajstić information content (AvgIpc) is 2.60. The predicted octanol–water partition coefficient (Wildman–Crippen LogP) is 4.72. The monoisotopic (exact) mass is 435 g/mol. The van der Waals surface area contributed by atoms with E-state index in [0.29, 0.717) is 6.42 Å². The van der Waals surface area contributed by atoms with E-state index in [2.05, 4.69) is 0 Å². The van der Waals surface area contributed by atoms with Gasteiger partial charge < -0.3 is 14.2 Å². The van der Waals surface area contributed by atoms with Crippen LogP contribution in [0.1, 0.15) is 67.4 Å². The van der Waals surface area contributed by atoms with E-state index < -0.39 is 41.8 Å². The van der Waals surface area contributed by atoms with Gasteiger partial charge in [-0.05, 0) is 59.4 Å². The fourth-order valence-electron chi connectivity index (χ4n) is 2.76. The van der Waals surface area contributed by atoms with Crippen molar-refractivity contribution in [3.8, 4) is 0 Å². The number of rotatable bonds is 8. The van der Waals surface area contributed by atoms with Gasteiger partial charge in [0.2, 0.25) is 0 Å². The van der Waals surface area contributed by atoms with Gasteiger partial charge in [0.25, 0.3) is 0 Å². The van der Waals surface area contributed by atoms with Crippen LogP contribution >= 0.6 is 0 Å². The molecule has 1 aromatic carbocycles. The molecule has 1 aromatic rings. The third kappa shape index (κ3) is 10.9. The lowest BCUT2D eigenvalue weighted by Crippen LogP contribution is -2.51. The first kappa shape index (κ1) is 26.5. The minimum absolute atomic E-state index is 0.0675. The van der Waals surface area contributed by atoms with Crippen molar-refractivity contribution in [1.29, 1.82) is 0 Å². The van der Waals surface area contributed by atoms with Gasteiger partial charge >= 0.3 is 18.0 Å². The SMILES string of the molecule is CC(C)CC(C(=O)OCc1ccccc1)N(CC(=O)OC(C)(C)C)C(=O)OC(C)(C)C. The smallest absolute Gasteiger partial charge is 0.411 e. The van der Waals surface area contributed by atoms with Gasteiger partial charge in [-0.3, -0.25) is 9.69 Å². The van der Waals surface area contributed by atoms with Crippen LogP contribution < -0.4 is 0 Å². The van der Waals surface area contributed by atoms with Gasteiger partial charge in [0.1, 0.15) is 30.4 Å². The fraction of sp³-hybridized carbons (Fsp3) is 0.625. The Hall–Kier alpha value is -2.57. The number of hydrogen-bond donors (Lipinski definition) is 0. The number of benzene rings is 1. The van der Waals surface area contributed by atoms with Gasteiger partial charge in [-0.15, -0.1) is 0 Å². The minimum atomic E-state index is -0.980. The molecule has 1 amide bonds. The summed E-state index contributed by atoms with van der Waals surface area (Å²) in [6, 6.07) is 8.28. The topological polar surface area (TPSA) is 82.1 Å². The van der Waals surface area contributed by atoms with Crippen molar-refractivity contribution in [3.63, 3.8) is 0 Å². The van der Waals surface area contributed by atoms with Crippen LogP contribution in [-0.2, 0) is 30.4 Å². The van der Waals surface area contributed by atoms with E-state index in [1.54, 1.807) is 41.5 Å². The second-order valence-corrected chi connectivity index (χ2v) is 9.93. The molecule has 0 aliphatic carbocycles. The van der Waals surface area contributed by atoms with Crippen LogP contribution in [-0.4, -0.2) is 46.7 Å². The average molecular weight is 436 g/mol. The Bertz CT molecular complexity index is 731. The first-order chi connectivity index (χ1) is 14.2. The molecule has 7 nitrogen and oxygen atoms in total. The summed E-state index contributed by atoms with van der Waals surface area (Å²) >= 11 is 0. The molecule has 0 radical (unpaired) electrons. The summed E-state index contributed by atoms with van der Waals surface area (Å²) in [6.45, 7) is 13.9. The fourth-order valence-corrected chi connectivity index (χ4v) is 2.76. The maximum atomic E-state index is 13.0. The van der Waals surface area contributed by atoms with Gasteiger partial charge in [-0.1, -0.05) is 44.2 Å². The third-order valence-electron chi connectivity index (χ3n) is 3.91. The Morgan fingerprint density at radius 2 is 1.45 bits per heavy atom. The van der Waals surface area contributed by atoms with Gasteiger partial charge in [0.15, 0.2) is 0 Å². The van der Waals surface area contributed by atoms with Gasteiger partial charge in [-0.2, -0.15) is 0 Å². The molecule has 1 unspecified atom stereocenters. The van der Waals surface area contributed by atoms with Crippen LogP contribution in [0.25, 0.3) is 0 Å². The molecule has 0 N–H and O–H groups in total. The molecule has 31 heavy (non-hydrogen) atoms. The van der Waals surface area contributed by atoms with E-state index in [1.807, 2.05) is 44.2 Å². The van der Waals surface area contributed by atoms with Crippen molar-refractivity contribution in [2.75, 3.05) is 6.54 Å². The summed E-state index contributed by atoms with van der Waals surface area (Å²) in [5.74, 6) is -1.15. The number of hydrogen-bond acceptors (Lipinski definition) is 6. The molecule has 0 spiro atoms. The molecule has 0 aliphatic heterocycles. The van der Waals surface area contributed by atoms with Crippen LogP contribution in [0.5, 0.6) is 0 Å². The molecule has 7 heteroatoms. The van der Waals surface area contributed by atoms with E-state index in [9.17, 15) is 14.4 Å². The second-order valence-electron chi connectivity index (χ2n) is 9.93. The predicted molar refractivity (Wildman–Crippen MR) is 118 cm³/mol. The lowest BCUT2D eigenvalue weighted by Gasteiger charge is -2.33. The highest BCUT2D eigenvalue weighted by atomic mass is 16.6. The molecule has 0 aliphatic rings. The number of amides is 1. The van der Waals surface area contributed by atoms with Crippen LogP contribution in [0.2, 0.25) is 0 Å². The second kappa shape index (κ2) is 11.2. The zero-order valence-corrected chi connectivity index (χ0v) is 20.1. The van der Waals surface area contributed by atoms with E-state index in [1.165, 1.54) is 0 Å². The summed E-state index contributed by atoms with van der Waals surface area (Å²) in [6.07, 6.45) is -0.448. The van der Waals surface area contributed by atoms with Gasteiger partial charge in [0, 0.05) is 0 Å². The third-order valence-corrected chi connectivity index (χ3v) is 3.91. The Labute approximate surface area is 186 Å². The van der Waals surface area contributed by atoms with E-state index in [0.717, 1.165) is 10.5 Å². The Kier molecular flexibility index (Phi) is 9.53. The van der Waals surface area contributed by atoms with Crippen LogP contribution in [0.4, 0.5) is 4.79 Å². The maximum absolute atomic E-state index is 13.0. The van der Waals surface area contributed by atoms with Crippen molar-refractivity contribution >= 4 is 18.0 Å². The highest BCUT2D eigenvalue weighted by molar-refractivity contribution is 5.85. The molecule has 0 fully saturated rings. The largest absolute Gasteiger partial charge is 0.459 e. The number of esters is 2. The summed E-state index contributed by atoms with van der Waals surface area (Å²) in [7, 11) is 0. The first-order valence-corrected chi connectivity index (χ1v) is 10.6. The Morgan fingerprint density at radius 1 is 0.903 bits per heavy atom. The molecule has 1 rings (SSSR count). The van der Waals surface area contributed by atoms with E-state index in [4.69, 9.17) is 14.2 Å². The molecule has 174 valence electrons. The number of carbonyl (C=O) groups excluding carboxylic acids is 3. The molecule has 0 heterocycles. The molecule has 0 aromatic heterocycles. The van der Waals surface area contributed by atoms with E-state index >= 15 is 0 Å². The van der Waals surface area contributed by atoms with Crippen LogP contribution in [0.3, 0.4) is 0 Å². The highest BCUT2D eigenvalue weighted by Gasteiger charge is 2.37. The first-order valence-electron chi connectivity index (χ1n) is 10.6. The zero-order chi connectivity index (χ0) is 23.8. The molecule has 0 saturated heterocycles. The van der Waals surface area contributed by atoms with E-state index in [-0.39, 0.29) is 12.5 Å². The Balaban J connectivity index is 3.12. The normalized spacial score (nSPS) is 12.8. The van der Waals surface area contributed by atoms with Crippen molar-refractivity contribution in [2.45, 2.75) is 85.7 Å². The minimum Gasteiger partial charge on any atom is -0.459 e. The number of ether oxygens (including phenoxy) is 3. The molecular formula is C24H37NO6. The molecule has 0 saturated carbocycles. The van der Waals surface area contributed by atoms with Crippen LogP contribution in [0, 0.1) is 5.92 Å². The highest BCUT2D eigenvalue weighted by Crippen LogP contribution is 2.19. The number of nitrogens with zero attached hydrogens (tertiary/aromatic N) is 1. The van der Waals surface area contributed by atoms with Crippen molar-refractivity contribution in [1.82, 2.24) is 4.90 Å². The molecular weight excluding hydrogens is 398 g/mol. The summed E-state index contributed by atoms with van der Waals surface area (Å²) in [5.41, 5.74) is -0.687. The summed E-state index contributed by atoms with van der Waals surface area (Å²) < 4.78 is 16.3. The summed E-state index contributed by atoms with van der Waals surface area (Å²) in [5, 5.41) is 0. The summed E-state index contributed by atoms with van der Waals surface area (Å²) in [4.78, 5) is 39.6. The Morgan fingerprint density at radius 3 is 1.94 bits per heavy atom. The van der Waals surface area contributed by atoms with Gasteiger partial charge in [0.05, 0.1) is 0 Å². The maximum Gasteiger partial charge on any atom is 0.411 e. The lowest BCUT2D eigenvalue weighted by atomic mass is 10.0. The van der Waals surface area contributed by atoms with Crippen LogP contribution in [0.15, 0.2) is 30.3 Å². The van der Waals surface area contributed by atoms with Gasteiger partial charge in [-0.25, -0.2) is 9.59 Å². The molecule has 1 atom stereocenters. The van der Waals surface area contributed by atoms with Crippen molar-refractivity contribution in [3.05, 3.63) is 35.9 Å². The van der Waals surface area contributed by atoms with Crippen molar-refractivity contribution in [2.24, 2.45) is 5.92 Å². The standard InChI is InChI=1S/C24H37NO6/c1-17(2)14-19(21(27)29-16-18-12-10-9-11-13-18)25(22(28)31-24(6,7)8)15-20(26)30-23(3,4)5/h9-13,17,19H,14-16H2,1-8H3. The molecule has 0 bridgehead atoms. The lowest BCUT2D eigenvalue weighted by molar-refractivity contribution is -0.159. The quantitative estimate of drug-likeness (QED) is 0.434. The zero-order valence-electron chi connectivity index (χ0n) is 20.1.